The first-order valence-electron chi connectivity index (χ1n) is 17.4. The molecule has 0 aromatic heterocycles. The standard InChI is InChI=1S/C37H59NO5/c1-9-30(41)43-28-15-16-34(6)26(33(28,4)5)14-17-36(8)27(34)13-12-24-25-23-32(2,3)18-20-37(25,21-19-35(24,36)7)31(42)38-22-10-11-29(39)40/h12,25-28H,9-11,13-23H2,1-8H3,(H,38,42)(H,39,40)/t25-,26-,27+,28-,34-,35+,36+,37-/m0/s1. The number of nitrogens with one attached hydrogen (secondary N) is 1. The Balaban J connectivity index is 1.47. The third-order valence-electron chi connectivity index (χ3n) is 14.4. The van der Waals surface area contributed by atoms with E-state index in [-0.39, 0.29) is 57.4 Å². The molecule has 1 amide bonds. The second kappa shape index (κ2) is 10.9. The first-order valence-corrected chi connectivity index (χ1v) is 17.4. The van der Waals surface area contributed by atoms with Crippen LogP contribution in [0.15, 0.2) is 11.6 Å². The van der Waals surface area contributed by atoms with E-state index >= 15 is 0 Å². The molecule has 5 rings (SSSR count). The zero-order valence-electron chi connectivity index (χ0n) is 28.4. The number of carboxylic acids is 1. The molecule has 6 nitrogen and oxygen atoms in total. The number of fused-ring (bicyclic) bond motifs is 7. The summed E-state index contributed by atoms with van der Waals surface area (Å²) in [6.07, 6.45) is 14.0. The molecule has 0 aromatic carbocycles. The number of esters is 1. The maximum atomic E-state index is 14.1. The van der Waals surface area contributed by atoms with E-state index in [9.17, 15) is 14.4 Å². The average molecular weight is 598 g/mol. The van der Waals surface area contributed by atoms with Crippen molar-refractivity contribution in [3.8, 4) is 0 Å². The molecule has 0 saturated heterocycles. The van der Waals surface area contributed by atoms with Gasteiger partial charge in [-0.2, -0.15) is 0 Å². The van der Waals surface area contributed by atoms with E-state index < -0.39 is 11.4 Å². The number of carboxylic acid groups (broad SMARTS) is 1. The van der Waals surface area contributed by atoms with Gasteiger partial charge in [0.2, 0.25) is 5.91 Å². The number of hydrogen-bond acceptors (Lipinski definition) is 4. The molecule has 0 aromatic rings. The van der Waals surface area contributed by atoms with Crippen molar-refractivity contribution in [2.45, 2.75) is 145 Å². The molecule has 4 saturated carbocycles. The van der Waals surface area contributed by atoms with E-state index in [1.807, 2.05) is 6.92 Å². The van der Waals surface area contributed by atoms with Gasteiger partial charge >= 0.3 is 11.9 Å². The maximum Gasteiger partial charge on any atom is 0.305 e. The number of aliphatic carboxylic acids is 1. The zero-order chi connectivity index (χ0) is 31.6. The molecule has 0 bridgehead atoms. The Kier molecular flexibility index (Phi) is 8.25. The van der Waals surface area contributed by atoms with Gasteiger partial charge in [0.05, 0.1) is 5.41 Å². The van der Waals surface area contributed by atoms with Gasteiger partial charge in [-0.3, -0.25) is 14.4 Å². The zero-order valence-corrected chi connectivity index (χ0v) is 28.4. The highest BCUT2D eigenvalue weighted by Gasteiger charge is 2.69. The molecule has 2 N–H and O–H groups in total. The SMILES string of the molecule is CCC(=O)O[C@H]1CC[C@]2(C)[C@H]3CC=C4[C@@H]5CC(C)(C)CC[C@]5(C(=O)NCCCC(=O)O)CC[C@@]4(C)[C@]3(C)CC[C@H]2C1(C)C. The van der Waals surface area contributed by atoms with Crippen molar-refractivity contribution in [3.63, 3.8) is 0 Å². The first kappa shape index (κ1) is 32.5. The van der Waals surface area contributed by atoms with Crippen LogP contribution in [0.25, 0.3) is 0 Å². The van der Waals surface area contributed by atoms with E-state index in [4.69, 9.17) is 9.84 Å². The first-order chi connectivity index (χ1) is 20.0. The van der Waals surface area contributed by atoms with Crippen molar-refractivity contribution < 1.29 is 24.2 Å². The Bertz CT molecular complexity index is 1170. The molecule has 0 spiro atoms. The van der Waals surface area contributed by atoms with Crippen LogP contribution in [0.2, 0.25) is 0 Å². The molecule has 5 aliphatic rings. The summed E-state index contributed by atoms with van der Waals surface area (Å²) in [4.78, 5) is 37.5. The topological polar surface area (TPSA) is 92.7 Å². The maximum absolute atomic E-state index is 14.1. The second-order valence-electron chi connectivity index (χ2n) is 17.3. The van der Waals surface area contributed by atoms with Crippen molar-refractivity contribution in [3.05, 3.63) is 11.6 Å². The minimum Gasteiger partial charge on any atom is -0.481 e. The second-order valence-corrected chi connectivity index (χ2v) is 17.3. The lowest BCUT2D eigenvalue weighted by atomic mass is 9.33. The van der Waals surface area contributed by atoms with E-state index in [1.165, 1.54) is 6.42 Å². The lowest BCUT2D eigenvalue weighted by Crippen LogP contribution is -2.65. The average Bonchev–Trinajstić information content (AvgIpc) is 2.92. The quantitative estimate of drug-likeness (QED) is 0.176. The molecule has 5 aliphatic carbocycles. The lowest BCUT2D eigenvalue weighted by Gasteiger charge is -2.71. The number of allylic oxidation sites excluding steroid dienone is 2. The Morgan fingerprint density at radius 2 is 1.63 bits per heavy atom. The van der Waals surface area contributed by atoms with Crippen LogP contribution in [0.1, 0.15) is 139 Å². The van der Waals surface area contributed by atoms with Crippen LogP contribution in [-0.4, -0.2) is 35.6 Å². The summed E-state index contributed by atoms with van der Waals surface area (Å²) in [7, 11) is 0. The fraction of sp³-hybridized carbons (Fsp3) is 0.865. The Hall–Kier alpha value is -1.85. The Labute approximate surface area is 260 Å². The summed E-state index contributed by atoms with van der Waals surface area (Å²) < 4.78 is 6.06. The van der Waals surface area contributed by atoms with E-state index in [1.54, 1.807) is 5.57 Å². The highest BCUT2D eigenvalue weighted by molar-refractivity contribution is 5.84. The molecule has 0 heterocycles. The Morgan fingerprint density at radius 1 is 0.930 bits per heavy atom. The van der Waals surface area contributed by atoms with Gasteiger partial charge in [-0.15, -0.1) is 0 Å². The van der Waals surface area contributed by atoms with Crippen LogP contribution in [0.5, 0.6) is 0 Å². The van der Waals surface area contributed by atoms with E-state index in [2.05, 4.69) is 59.9 Å². The summed E-state index contributed by atoms with van der Waals surface area (Å²) >= 11 is 0. The third-order valence-corrected chi connectivity index (χ3v) is 14.4. The monoisotopic (exact) mass is 597 g/mol. The summed E-state index contributed by atoms with van der Waals surface area (Å²) in [6.45, 7) is 19.5. The molecule has 0 radical (unpaired) electrons. The van der Waals surface area contributed by atoms with Gasteiger partial charge in [0.25, 0.3) is 0 Å². The van der Waals surface area contributed by atoms with Gasteiger partial charge in [0.15, 0.2) is 0 Å². The predicted octanol–water partition coefficient (Wildman–Crippen LogP) is 8.09. The van der Waals surface area contributed by atoms with E-state index in [0.29, 0.717) is 31.2 Å². The molecule has 0 unspecified atom stereocenters. The molecule has 8 atom stereocenters. The van der Waals surface area contributed by atoms with Crippen molar-refractivity contribution in [2.75, 3.05) is 6.54 Å². The van der Waals surface area contributed by atoms with Crippen molar-refractivity contribution >= 4 is 17.8 Å². The van der Waals surface area contributed by atoms with Gasteiger partial charge in [-0.1, -0.05) is 67.0 Å². The van der Waals surface area contributed by atoms with Gasteiger partial charge < -0.3 is 15.2 Å². The lowest BCUT2D eigenvalue weighted by molar-refractivity contribution is -0.212. The molecule has 242 valence electrons. The fourth-order valence-corrected chi connectivity index (χ4v) is 11.7. The van der Waals surface area contributed by atoms with Gasteiger partial charge in [-0.25, -0.2) is 0 Å². The van der Waals surface area contributed by atoms with Crippen LogP contribution >= 0.6 is 0 Å². The number of hydrogen-bond donors (Lipinski definition) is 2. The summed E-state index contributed by atoms with van der Waals surface area (Å²) in [5.74, 6) is 0.573. The summed E-state index contributed by atoms with van der Waals surface area (Å²) in [5, 5.41) is 12.3. The fourth-order valence-electron chi connectivity index (χ4n) is 11.7. The minimum atomic E-state index is -0.810. The minimum absolute atomic E-state index is 0.0126. The van der Waals surface area contributed by atoms with Gasteiger partial charge in [0, 0.05) is 24.8 Å². The van der Waals surface area contributed by atoms with Crippen molar-refractivity contribution in [1.29, 1.82) is 0 Å². The predicted molar refractivity (Wildman–Crippen MR) is 169 cm³/mol. The molecular formula is C37H59NO5. The molecule has 43 heavy (non-hydrogen) atoms. The molecular weight excluding hydrogens is 538 g/mol. The third kappa shape index (κ3) is 5.00. The molecule has 6 heteroatoms. The number of ether oxygens (including phenoxy) is 1. The van der Waals surface area contributed by atoms with Crippen LogP contribution in [0, 0.1) is 50.2 Å². The van der Waals surface area contributed by atoms with Gasteiger partial charge in [0.1, 0.15) is 6.10 Å². The highest BCUT2D eigenvalue weighted by Crippen LogP contribution is 2.75. The smallest absolute Gasteiger partial charge is 0.305 e. The van der Waals surface area contributed by atoms with Gasteiger partial charge in [-0.05, 0) is 110 Å². The van der Waals surface area contributed by atoms with Crippen LogP contribution in [-0.2, 0) is 19.1 Å². The molecule has 4 fully saturated rings. The summed E-state index contributed by atoms with van der Waals surface area (Å²) in [5.41, 5.74) is 1.67. The van der Waals surface area contributed by atoms with Crippen LogP contribution < -0.4 is 5.32 Å². The van der Waals surface area contributed by atoms with E-state index in [0.717, 1.165) is 57.8 Å². The number of carbonyl (C=O) groups is 3. The number of amides is 1. The van der Waals surface area contributed by atoms with Crippen LogP contribution in [0.4, 0.5) is 0 Å². The van der Waals surface area contributed by atoms with Crippen molar-refractivity contribution in [1.82, 2.24) is 5.32 Å². The normalized spacial score (nSPS) is 42.7. The van der Waals surface area contributed by atoms with Crippen LogP contribution in [0.3, 0.4) is 0 Å². The molecule has 0 aliphatic heterocycles. The summed E-state index contributed by atoms with van der Waals surface area (Å²) in [6, 6.07) is 0. The highest BCUT2D eigenvalue weighted by atomic mass is 16.5. The number of rotatable bonds is 7. The largest absolute Gasteiger partial charge is 0.481 e. The van der Waals surface area contributed by atoms with Crippen molar-refractivity contribution in [2.24, 2.45) is 50.2 Å². The number of carbonyl (C=O) groups excluding carboxylic acids is 2. The Morgan fingerprint density at radius 3 is 2.30 bits per heavy atom.